The number of rotatable bonds is 4. The first-order valence-corrected chi connectivity index (χ1v) is 7.10. The first-order valence-electron chi connectivity index (χ1n) is 6.35. The molecule has 1 atom stereocenters. The molecule has 0 aliphatic heterocycles. The van der Waals surface area contributed by atoms with Crippen LogP contribution in [0.3, 0.4) is 0 Å². The third kappa shape index (κ3) is 3.65. The number of aryl methyl sites for hydroxylation is 1. The highest BCUT2D eigenvalue weighted by atomic mass is 35.5. The molecule has 21 heavy (non-hydrogen) atoms. The molecule has 110 valence electrons. The monoisotopic (exact) mass is 324 g/mol. The maximum atomic E-state index is 11.1. The average Bonchev–Trinajstić information content (AvgIpc) is 2.41. The summed E-state index contributed by atoms with van der Waals surface area (Å²) in [6.07, 6.45) is 0. The van der Waals surface area contributed by atoms with E-state index < -0.39 is 4.92 Å². The smallest absolute Gasteiger partial charge is 0.292 e. The van der Waals surface area contributed by atoms with Gasteiger partial charge in [0.1, 0.15) is 5.69 Å². The summed E-state index contributed by atoms with van der Waals surface area (Å²) < 4.78 is 0. The van der Waals surface area contributed by atoms with E-state index in [-0.39, 0.29) is 11.7 Å². The van der Waals surface area contributed by atoms with Gasteiger partial charge in [-0.2, -0.15) is 0 Å². The van der Waals surface area contributed by atoms with Crippen LogP contribution in [-0.2, 0) is 0 Å². The lowest BCUT2D eigenvalue weighted by atomic mass is 10.1. The van der Waals surface area contributed by atoms with E-state index in [1.54, 1.807) is 30.3 Å². The minimum atomic E-state index is -0.409. The van der Waals surface area contributed by atoms with Gasteiger partial charge in [0.05, 0.1) is 11.0 Å². The van der Waals surface area contributed by atoms with E-state index in [1.165, 1.54) is 6.07 Å². The normalized spacial score (nSPS) is 12.0. The van der Waals surface area contributed by atoms with Crippen molar-refractivity contribution in [3.05, 3.63) is 67.7 Å². The van der Waals surface area contributed by atoms with Gasteiger partial charge in [0, 0.05) is 16.1 Å². The van der Waals surface area contributed by atoms with E-state index in [0.29, 0.717) is 15.7 Å². The molecule has 0 radical (unpaired) electrons. The summed E-state index contributed by atoms with van der Waals surface area (Å²) in [6.45, 7) is 3.76. The predicted octanol–water partition coefficient (Wildman–Crippen LogP) is 5.38. The SMILES string of the molecule is Cc1ccc([N+](=O)[O-])c(NC(C)c2cc(Cl)ccc2Cl)c1. The zero-order valence-corrected chi connectivity index (χ0v) is 13.1. The third-order valence-electron chi connectivity index (χ3n) is 3.15. The molecule has 0 bridgehead atoms. The lowest BCUT2D eigenvalue weighted by molar-refractivity contribution is -0.384. The first-order chi connectivity index (χ1) is 9.88. The van der Waals surface area contributed by atoms with Crippen molar-refractivity contribution >= 4 is 34.6 Å². The van der Waals surface area contributed by atoms with Gasteiger partial charge in [-0.1, -0.05) is 29.3 Å². The Morgan fingerprint density at radius 1 is 1.19 bits per heavy atom. The molecule has 4 nitrogen and oxygen atoms in total. The minimum absolute atomic E-state index is 0.0330. The second-order valence-corrected chi connectivity index (χ2v) is 5.65. The highest BCUT2D eigenvalue weighted by Crippen LogP contribution is 2.32. The van der Waals surface area contributed by atoms with Crippen molar-refractivity contribution in [3.63, 3.8) is 0 Å². The van der Waals surface area contributed by atoms with Crippen LogP contribution in [0.4, 0.5) is 11.4 Å². The van der Waals surface area contributed by atoms with Crippen molar-refractivity contribution in [3.8, 4) is 0 Å². The molecule has 0 aromatic heterocycles. The molecule has 2 rings (SSSR count). The van der Waals surface area contributed by atoms with Crippen LogP contribution in [0.5, 0.6) is 0 Å². The Kier molecular flexibility index (Phi) is 4.70. The summed E-state index contributed by atoms with van der Waals surface area (Å²) >= 11 is 12.1. The summed E-state index contributed by atoms with van der Waals surface area (Å²) in [6, 6.07) is 9.90. The molecule has 0 heterocycles. The van der Waals surface area contributed by atoms with E-state index in [4.69, 9.17) is 23.2 Å². The topological polar surface area (TPSA) is 55.2 Å². The van der Waals surface area contributed by atoms with E-state index in [1.807, 2.05) is 13.8 Å². The molecular weight excluding hydrogens is 311 g/mol. The van der Waals surface area contributed by atoms with Crippen molar-refractivity contribution in [2.75, 3.05) is 5.32 Å². The van der Waals surface area contributed by atoms with E-state index in [2.05, 4.69) is 5.32 Å². The van der Waals surface area contributed by atoms with Gasteiger partial charge in [0.25, 0.3) is 5.69 Å². The van der Waals surface area contributed by atoms with Crippen LogP contribution in [0.15, 0.2) is 36.4 Å². The number of nitrogens with one attached hydrogen (secondary N) is 1. The number of halogens is 2. The van der Waals surface area contributed by atoms with E-state index in [9.17, 15) is 10.1 Å². The standard InChI is InChI=1S/C15H14Cl2N2O2/c1-9-3-6-15(19(20)21)14(7-9)18-10(2)12-8-11(16)4-5-13(12)17/h3-8,10,18H,1-2H3. The van der Waals surface area contributed by atoms with Crippen LogP contribution in [0.2, 0.25) is 10.0 Å². The maximum absolute atomic E-state index is 11.1. The molecule has 1 N–H and O–H groups in total. The van der Waals surface area contributed by atoms with E-state index >= 15 is 0 Å². The fourth-order valence-corrected chi connectivity index (χ4v) is 2.54. The van der Waals surface area contributed by atoms with Crippen LogP contribution in [-0.4, -0.2) is 4.92 Å². The molecule has 0 fully saturated rings. The molecule has 2 aromatic carbocycles. The number of nitro benzene ring substituents is 1. The van der Waals surface area contributed by atoms with Gasteiger partial charge in [-0.05, 0) is 49.2 Å². The van der Waals surface area contributed by atoms with Crippen molar-refractivity contribution in [1.29, 1.82) is 0 Å². The van der Waals surface area contributed by atoms with Crippen LogP contribution in [0, 0.1) is 17.0 Å². The van der Waals surface area contributed by atoms with Gasteiger partial charge in [-0.3, -0.25) is 10.1 Å². The third-order valence-corrected chi connectivity index (χ3v) is 3.72. The van der Waals surface area contributed by atoms with Crippen LogP contribution >= 0.6 is 23.2 Å². The minimum Gasteiger partial charge on any atom is -0.373 e. The highest BCUT2D eigenvalue weighted by molar-refractivity contribution is 6.33. The Morgan fingerprint density at radius 3 is 2.57 bits per heavy atom. The molecule has 0 aliphatic carbocycles. The Labute approximate surface area is 132 Å². The molecule has 6 heteroatoms. The molecular formula is C15H14Cl2N2O2. The molecule has 0 aliphatic rings. The highest BCUT2D eigenvalue weighted by Gasteiger charge is 2.17. The van der Waals surface area contributed by atoms with Crippen LogP contribution in [0.25, 0.3) is 0 Å². The fraction of sp³-hybridized carbons (Fsp3) is 0.200. The van der Waals surface area contributed by atoms with Gasteiger partial charge in [0.15, 0.2) is 0 Å². The second-order valence-electron chi connectivity index (χ2n) is 4.81. The molecule has 0 saturated heterocycles. The predicted molar refractivity (Wildman–Crippen MR) is 86.3 cm³/mol. The average molecular weight is 325 g/mol. The van der Waals surface area contributed by atoms with Crippen LogP contribution in [0.1, 0.15) is 24.1 Å². The lowest BCUT2D eigenvalue weighted by Gasteiger charge is -2.17. The summed E-state index contributed by atoms with van der Waals surface area (Å²) in [7, 11) is 0. The lowest BCUT2D eigenvalue weighted by Crippen LogP contribution is -2.09. The summed E-state index contributed by atoms with van der Waals surface area (Å²) in [5.41, 5.74) is 2.22. The Hall–Kier alpha value is -1.78. The largest absolute Gasteiger partial charge is 0.373 e. The van der Waals surface area contributed by atoms with Gasteiger partial charge in [0.2, 0.25) is 0 Å². The molecule has 0 amide bonds. The van der Waals surface area contributed by atoms with Crippen molar-refractivity contribution in [1.82, 2.24) is 0 Å². The van der Waals surface area contributed by atoms with Gasteiger partial charge in [-0.25, -0.2) is 0 Å². The Morgan fingerprint density at radius 2 is 1.90 bits per heavy atom. The first kappa shape index (κ1) is 15.6. The number of hydrogen-bond acceptors (Lipinski definition) is 3. The number of benzene rings is 2. The summed E-state index contributed by atoms with van der Waals surface area (Å²) in [5, 5.41) is 15.4. The molecule has 0 saturated carbocycles. The summed E-state index contributed by atoms with van der Waals surface area (Å²) in [4.78, 5) is 10.7. The molecule has 1 unspecified atom stereocenters. The second kappa shape index (κ2) is 6.33. The fourth-order valence-electron chi connectivity index (χ4n) is 2.08. The van der Waals surface area contributed by atoms with Crippen LogP contribution < -0.4 is 5.32 Å². The Bertz CT molecular complexity index is 689. The molecule has 2 aromatic rings. The van der Waals surface area contributed by atoms with Crippen molar-refractivity contribution < 1.29 is 4.92 Å². The van der Waals surface area contributed by atoms with E-state index in [0.717, 1.165) is 11.1 Å². The van der Waals surface area contributed by atoms with Gasteiger partial charge in [-0.15, -0.1) is 0 Å². The number of nitro groups is 1. The van der Waals surface area contributed by atoms with Crippen molar-refractivity contribution in [2.45, 2.75) is 19.9 Å². The van der Waals surface area contributed by atoms with Gasteiger partial charge >= 0.3 is 0 Å². The zero-order chi connectivity index (χ0) is 15.6. The number of hydrogen-bond donors (Lipinski definition) is 1. The number of nitrogens with zero attached hydrogens (tertiary/aromatic N) is 1. The number of anilines is 1. The van der Waals surface area contributed by atoms with Crippen molar-refractivity contribution in [2.24, 2.45) is 0 Å². The van der Waals surface area contributed by atoms with Gasteiger partial charge < -0.3 is 5.32 Å². The quantitative estimate of drug-likeness (QED) is 0.606. The molecule has 0 spiro atoms. The Balaban J connectivity index is 2.35. The summed E-state index contributed by atoms with van der Waals surface area (Å²) in [5.74, 6) is 0. The maximum Gasteiger partial charge on any atom is 0.292 e. The zero-order valence-electron chi connectivity index (χ0n) is 11.6.